The molecule has 0 radical (unpaired) electrons. The number of sulfonamides is 1. The fourth-order valence-corrected chi connectivity index (χ4v) is 4.69. The van der Waals surface area contributed by atoms with E-state index in [4.69, 9.17) is 5.26 Å². The van der Waals surface area contributed by atoms with Crippen molar-refractivity contribution in [3.05, 3.63) is 29.8 Å². The molecule has 1 fully saturated rings. The Balaban J connectivity index is 2.00. The molecule has 6 nitrogen and oxygen atoms in total. The molecule has 142 valence electrons. The van der Waals surface area contributed by atoms with Crippen molar-refractivity contribution in [2.24, 2.45) is 5.92 Å². The molecule has 1 heterocycles. The number of rotatable bonds is 7. The number of benzene rings is 1. The van der Waals surface area contributed by atoms with Crippen molar-refractivity contribution in [3.8, 4) is 6.07 Å². The van der Waals surface area contributed by atoms with Gasteiger partial charge in [-0.2, -0.15) is 9.57 Å². The predicted octanol–water partition coefficient (Wildman–Crippen LogP) is 2.61. The van der Waals surface area contributed by atoms with Crippen LogP contribution in [0.3, 0.4) is 0 Å². The molecule has 0 atom stereocenters. The zero-order valence-electron chi connectivity index (χ0n) is 15.5. The molecular formula is C19H27N3O3S. The third-order valence-corrected chi connectivity index (χ3v) is 6.81. The molecule has 0 unspecified atom stereocenters. The van der Waals surface area contributed by atoms with Gasteiger partial charge in [0.2, 0.25) is 15.9 Å². The number of nitriles is 1. The fourth-order valence-electron chi connectivity index (χ4n) is 3.22. The predicted molar refractivity (Wildman–Crippen MR) is 99.8 cm³/mol. The largest absolute Gasteiger partial charge is 0.343 e. The second kappa shape index (κ2) is 9.15. The molecule has 7 heteroatoms. The molecule has 1 saturated heterocycles. The summed E-state index contributed by atoms with van der Waals surface area (Å²) in [5.41, 5.74) is 0.431. The smallest absolute Gasteiger partial charge is 0.243 e. The molecule has 1 aliphatic heterocycles. The van der Waals surface area contributed by atoms with Gasteiger partial charge < -0.3 is 4.90 Å². The summed E-state index contributed by atoms with van der Waals surface area (Å²) in [6.07, 6.45) is 3.14. The van der Waals surface area contributed by atoms with Gasteiger partial charge in [-0.3, -0.25) is 4.79 Å². The lowest BCUT2D eigenvalue weighted by molar-refractivity contribution is -0.136. The summed E-state index contributed by atoms with van der Waals surface area (Å²) in [6, 6.07) is 7.94. The Kier molecular flexibility index (Phi) is 7.18. The van der Waals surface area contributed by atoms with E-state index in [9.17, 15) is 13.2 Å². The van der Waals surface area contributed by atoms with Crippen LogP contribution in [0.4, 0.5) is 0 Å². The van der Waals surface area contributed by atoms with Gasteiger partial charge in [-0.1, -0.05) is 13.3 Å². The van der Waals surface area contributed by atoms with E-state index in [-0.39, 0.29) is 16.7 Å². The van der Waals surface area contributed by atoms with Crippen LogP contribution in [-0.2, 0) is 14.8 Å². The summed E-state index contributed by atoms with van der Waals surface area (Å²) in [6.45, 7) is 6.26. The van der Waals surface area contributed by atoms with Gasteiger partial charge in [0, 0.05) is 32.1 Å². The Hall–Kier alpha value is -1.91. The standard InChI is InChI=1S/C19H27N3O3S/c1-3-5-12-21(4-2)19(23)17-10-13-22(14-11-17)26(24,25)18-8-6-16(15-20)7-9-18/h6-9,17H,3-5,10-14H2,1-2H3. The highest BCUT2D eigenvalue weighted by molar-refractivity contribution is 7.89. The first-order valence-corrected chi connectivity index (χ1v) is 10.7. The van der Waals surface area contributed by atoms with Crippen LogP contribution in [0.15, 0.2) is 29.2 Å². The van der Waals surface area contributed by atoms with Crippen LogP contribution in [0.1, 0.15) is 45.1 Å². The molecule has 0 saturated carbocycles. The number of hydrogen-bond donors (Lipinski definition) is 0. The zero-order valence-corrected chi connectivity index (χ0v) is 16.3. The molecule has 0 aromatic heterocycles. The maximum absolute atomic E-state index is 12.7. The minimum absolute atomic E-state index is 0.0979. The van der Waals surface area contributed by atoms with Gasteiger partial charge >= 0.3 is 0 Å². The lowest BCUT2D eigenvalue weighted by atomic mass is 9.96. The van der Waals surface area contributed by atoms with Crippen molar-refractivity contribution in [1.29, 1.82) is 5.26 Å². The average molecular weight is 378 g/mol. The maximum Gasteiger partial charge on any atom is 0.243 e. The molecule has 2 rings (SSSR count). The highest BCUT2D eigenvalue weighted by atomic mass is 32.2. The summed E-state index contributed by atoms with van der Waals surface area (Å²) in [5.74, 6) is 0.0515. The highest BCUT2D eigenvalue weighted by Gasteiger charge is 2.33. The molecule has 1 aromatic rings. The molecule has 0 N–H and O–H groups in total. The third-order valence-electron chi connectivity index (χ3n) is 4.90. The van der Waals surface area contributed by atoms with Crippen LogP contribution in [0.25, 0.3) is 0 Å². The van der Waals surface area contributed by atoms with Gasteiger partial charge in [0.15, 0.2) is 0 Å². The van der Waals surface area contributed by atoms with Crippen molar-refractivity contribution < 1.29 is 13.2 Å². The summed E-state index contributed by atoms with van der Waals surface area (Å²) in [5, 5.41) is 8.83. The van der Waals surface area contributed by atoms with E-state index in [1.807, 2.05) is 17.9 Å². The van der Waals surface area contributed by atoms with Crippen molar-refractivity contribution >= 4 is 15.9 Å². The first-order valence-electron chi connectivity index (χ1n) is 9.23. The van der Waals surface area contributed by atoms with Crippen LogP contribution in [-0.4, -0.2) is 49.7 Å². The monoisotopic (exact) mass is 377 g/mol. The van der Waals surface area contributed by atoms with Crippen LogP contribution in [0, 0.1) is 17.2 Å². The Morgan fingerprint density at radius 2 is 1.85 bits per heavy atom. The van der Waals surface area contributed by atoms with Crippen LogP contribution in [0.5, 0.6) is 0 Å². The van der Waals surface area contributed by atoms with Gasteiger partial charge in [-0.25, -0.2) is 8.42 Å². The lowest BCUT2D eigenvalue weighted by Gasteiger charge is -2.33. The number of carbonyl (C=O) groups is 1. The second-order valence-corrected chi connectivity index (χ2v) is 8.52. The van der Waals surface area contributed by atoms with E-state index >= 15 is 0 Å². The van der Waals surface area contributed by atoms with Crippen molar-refractivity contribution in [2.75, 3.05) is 26.2 Å². The minimum atomic E-state index is -3.58. The number of hydrogen-bond acceptors (Lipinski definition) is 4. The third kappa shape index (κ3) is 4.63. The van der Waals surface area contributed by atoms with E-state index in [0.29, 0.717) is 38.0 Å². The molecular weight excluding hydrogens is 350 g/mol. The highest BCUT2D eigenvalue weighted by Crippen LogP contribution is 2.25. The van der Waals surface area contributed by atoms with Crippen LogP contribution in [0.2, 0.25) is 0 Å². The molecule has 1 amide bonds. The molecule has 0 bridgehead atoms. The second-order valence-electron chi connectivity index (χ2n) is 6.59. The van der Waals surface area contributed by atoms with Crippen LogP contribution >= 0.6 is 0 Å². The van der Waals surface area contributed by atoms with Gasteiger partial charge in [0.05, 0.1) is 16.5 Å². The Morgan fingerprint density at radius 1 is 1.23 bits per heavy atom. The molecule has 0 spiro atoms. The average Bonchev–Trinajstić information content (AvgIpc) is 2.68. The summed E-state index contributed by atoms with van der Waals surface area (Å²) >= 11 is 0. The summed E-state index contributed by atoms with van der Waals surface area (Å²) in [7, 11) is -3.58. The lowest BCUT2D eigenvalue weighted by Crippen LogP contribution is -2.44. The molecule has 0 aliphatic carbocycles. The molecule has 1 aliphatic rings. The Morgan fingerprint density at radius 3 is 2.35 bits per heavy atom. The van der Waals surface area contributed by atoms with Crippen LogP contribution < -0.4 is 0 Å². The van der Waals surface area contributed by atoms with E-state index in [2.05, 4.69) is 6.92 Å². The Bertz CT molecular complexity index is 745. The van der Waals surface area contributed by atoms with Gasteiger partial charge in [0.1, 0.15) is 0 Å². The van der Waals surface area contributed by atoms with Crippen molar-refractivity contribution in [2.45, 2.75) is 44.4 Å². The van der Waals surface area contributed by atoms with Crippen molar-refractivity contribution in [1.82, 2.24) is 9.21 Å². The number of nitrogens with zero attached hydrogens (tertiary/aromatic N) is 3. The fraction of sp³-hybridized carbons (Fsp3) is 0.579. The van der Waals surface area contributed by atoms with Crippen molar-refractivity contribution in [3.63, 3.8) is 0 Å². The quantitative estimate of drug-likeness (QED) is 0.731. The van der Waals surface area contributed by atoms with E-state index in [1.165, 1.54) is 28.6 Å². The topological polar surface area (TPSA) is 81.5 Å². The van der Waals surface area contributed by atoms with E-state index in [0.717, 1.165) is 19.4 Å². The number of unbranched alkanes of at least 4 members (excludes halogenated alkanes) is 1. The molecule has 1 aromatic carbocycles. The maximum atomic E-state index is 12.7. The number of amides is 1. The zero-order chi connectivity index (χ0) is 19.2. The van der Waals surface area contributed by atoms with E-state index in [1.54, 1.807) is 0 Å². The normalized spacial score (nSPS) is 16.2. The van der Waals surface area contributed by atoms with Gasteiger partial charge in [0.25, 0.3) is 0 Å². The number of carbonyl (C=O) groups excluding carboxylic acids is 1. The Labute approximate surface area is 156 Å². The number of piperidine rings is 1. The van der Waals surface area contributed by atoms with Gasteiger partial charge in [-0.15, -0.1) is 0 Å². The summed E-state index contributed by atoms with van der Waals surface area (Å²) < 4.78 is 26.9. The minimum Gasteiger partial charge on any atom is -0.343 e. The van der Waals surface area contributed by atoms with E-state index < -0.39 is 10.0 Å². The first kappa shape index (κ1) is 20.4. The summed E-state index contributed by atoms with van der Waals surface area (Å²) in [4.78, 5) is 14.7. The first-order chi connectivity index (χ1) is 12.4. The van der Waals surface area contributed by atoms with Gasteiger partial charge in [-0.05, 0) is 50.5 Å². The SMILES string of the molecule is CCCCN(CC)C(=O)C1CCN(S(=O)(=O)c2ccc(C#N)cc2)CC1. The molecule has 26 heavy (non-hydrogen) atoms.